The summed E-state index contributed by atoms with van der Waals surface area (Å²) in [6, 6.07) is 13.4. The summed E-state index contributed by atoms with van der Waals surface area (Å²) in [7, 11) is -1.16. The molecule has 0 aromatic heterocycles. The van der Waals surface area contributed by atoms with E-state index in [1.54, 1.807) is 24.3 Å². The Kier molecular flexibility index (Phi) is 6.03. The summed E-state index contributed by atoms with van der Waals surface area (Å²) in [5.41, 5.74) is 2.38. The van der Waals surface area contributed by atoms with Crippen LogP contribution in [0.5, 0.6) is 5.75 Å². The van der Waals surface area contributed by atoms with E-state index in [1.165, 1.54) is 12.1 Å². The highest BCUT2D eigenvalue weighted by Gasteiger charge is 2.07. The van der Waals surface area contributed by atoms with E-state index in [0.29, 0.717) is 11.3 Å². The third-order valence-electron chi connectivity index (χ3n) is 2.98. The predicted molar refractivity (Wildman–Crippen MR) is 81.0 cm³/mol. The van der Waals surface area contributed by atoms with Crippen LogP contribution >= 0.6 is 0 Å². The van der Waals surface area contributed by atoms with Gasteiger partial charge in [-0.25, -0.2) is 0 Å². The first-order valence-corrected chi connectivity index (χ1v) is 8.13. The van der Waals surface area contributed by atoms with Crippen molar-refractivity contribution in [3.05, 3.63) is 65.2 Å². The fraction of sp³-hybridized carbons (Fsp3) is 0.250. The van der Waals surface area contributed by atoms with Crippen LogP contribution in [0.2, 0.25) is 0 Å². The van der Waals surface area contributed by atoms with E-state index >= 15 is 0 Å². The number of aliphatic hydroxyl groups excluding tert-OH is 1. The van der Waals surface area contributed by atoms with E-state index in [2.05, 4.69) is 4.74 Å². The summed E-state index contributed by atoms with van der Waals surface area (Å²) < 4.78 is 40.8. The van der Waals surface area contributed by atoms with Crippen molar-refractivity contribution < 1.29 is 22.8 Å². The molecule has 6 heteroatoms. The first-order chi connectivity index (χ1) is 10.6. The Morgan fingerprint density at radius 2 is 1.64 bits per heavy atom. The number of halogens is 2. The summed E-state index contributed by atoms with van der Waals surface area (Å²) in [5.74, 6) is 0.699. The van der Waals surface area contributed by atoms with Gasteiger partial charge in [0.2, 0.25) is 0 Å². The molecule has 0 radical (unpaired) electrons. The third-order valence-corrected chi connectivity index (χ3v) is 4.30. The molecular formula is C16H16F2O3S. The lowest BCUT2D eigenvalue weighted by atomic mass is 10.2. The number of aliphatic hydroxyl groups is 1. The molecule has 0 aliphatic carbocycles. The van der Waals surface area contributed by atoms with E-state index in [1.807, 2.05) is 12.1 Å². The molecule has 1 N–H and O–H groups in total. The smallest absolute Gasteiger partial charge is 0.387 e. The minimum Gasteiger partial charge on any atom is -0.435 e. The molecule has 0 aliphatic rings. The molecule has 0 spiro atoms. The highest BCUT2D eigenvalue weighted by molar-refractivity contribution is 7.83. The SMILES string of the molecule is O=S(Cc1ccc(CO)cc1)Cc1cccc(OC(F)F)c1. The Morgan fingerprint density at radius 1 is 1.00 bits per heavy atom. The second-order valence-electron chi connectivity index (χ2n) is 4.73. The van der Waals surface area contributed by atoms with Crippen molar-refractivity contribution in [1.82, 2.24) is 0 Å². The standard InChI is InChI=1S/C16H16F2O3S/c17-16(18)21-15-3-1-2-14(8-15)11-22(20)10-13-6-4-12(9-19)5-7-13/h1-8,16,19H,9-11H2. The van der Waals surface area contributed by atoms with Crippen LogP contribution in [-0.4, -0.2) is 15.9 Å². The van der Waals surface area contributed by atoms with Gasteiger partial charge >= 0.3 is 6.61 Å². The van der Waals surface area contributed by atoms with Crippen molar-refractivity contribution in [2.45, 2.75) is 24.7 Å². The van der Waals surface area contributed by atoms with E-state index in [-0.39, 0.29) is 18.1 Å². The van der Waals surface area contributed by atoms with Gasteiger partial charge in [-0.2, -0.15) is 8.78 Å². The molecule has 0 fully saturated rings. The summed E-state index contributed by atoms with van der Waals surface area (Å²) in [5, 5.41) is 8.97. The largest absolute Gasteiger partial charge is 0.435 e. The summed E-state index contributed by atoms with van der Waals surface area (Å²) in [6.45, 7) is -2.90. The van der Waals surface area contributed by atoms with E-state index in [9.17, 15) is 13.0 Å². The van der Waals surface area contributed by atoms with E-state index < -0.39 is 17.4 Å². The zero-order chi connectivity index (χ0) is 15.9. The highest BCUT2D eigenvalue weighted by atomic mass is 32.2. The fourth-order valence-electron chi connectivity index (χ4n) is 1.98. The van der Waals surface area contributed by atoms with Crippen LogP contribution in [0.1, 0.15) is 16.7 Å². The molecule has 22 heavy (non-hydrogen) atoms. The van der Waals surface area contributed by atoms with Crippen LogP contribution in [0.15, 0.2) is 48.5 Å². The van der Waals surface area contributed by atoms with Gasteiger partial charge in [0.05, 0.1) is 6.61 Å². The van der Waals surface area contributed by atoms with Crippen LogP contribution in [0, 0.1) is 0 Å². The lowest BCUT2D eigenvalue weighted by molar-refractivity contribution is -0.0498. The average molecular weight is 326 g/mol. The number of ether oxygens (including phenoxy) is 1. The minimum atomic E-state index is -2.87. The van der Waals surface area contributed by atoms with Crippen molar-refractivity contribution >= 4 is 10.8 Å². The topological polar surface area (TPSA) is 46.5 Å². The van der Waals surface area contributed by atoms with Crippen LogP contribution in [0.4, 0.5) is 8.78 Å². The van der Waals surface area contributed by atoms with Gasteiger partial charge in [0.15, 0.2) is 0 Å². The Balaban J connectivity index is 1.96. The van der Waals surface area contributed by atoms with Crippen LogP contribution in [0.3, 0.4) is 0 Å². The average Bonchev–Trinajstić information content (AvgIpc) is 2.47. The highest BCUT2D eigenvalue weighted by Crippen LogP contribution is 2.18. The summed E-state index contributed by atoms with van der Waals surface area (Å²) in [4.78, 5) is 0. The Labute approximate surface area is 130 Å². The molecule has 0 saturated carbocycles. The van der Waals surface area contributed by atoms with Crippen molar-refractivity contribution in [3.8, 4) is 5.75 Å². The molecule has 0 heterocycles. The molecule has 2 aromatic rings. The molecule has 0 amide bonds. The van der Waals surface area contributed by atoms with Gasteiger partial charge in [-0.1, -0.05) is 36.4 Å². The first kappa shape index (κ1) is 16.6. The van der Waals surface area contributed by atoms with Crippen molar-refractivity contribution in [2.24, 2.45) is 0 Å². The quantitative estimate of drug-likeness (QED) is 0.850. The molecule has 0 saturated heterocycles. The van der Waals surface area contributed by atoms with Gasteiger partial charge < -0.3 is 9.84 Å². The van der Waals surface area contributed by atoms with Gasteiger partial charge in [-0.05, 0) is 28.8 Å². The van der Waals surface area contributed by atoms with Crippen molar-refractivity contribution in [3.63, 3.8) is 0 Å². The molecule has 0 bridgehead atoms. The van der Waals surface area contributed by atoms with Gasteiger partial charge in [0.1, 0.15) is 5.75 Å². The van der Waals surface area contributed by atoms with E-state index in [4.69, 9.17) is 5.11 Å². The Hall–Kier alpha value is -1.79. The lowest BCUT2D eigenvalue weighted by Crippen LogP contribution is -2.03. The monoisotopic (exact) mass is 326 g/mol. The number of rotatable bonds is 7. The second kappa shape index (κ2) is 8.00. The zero-order valence-electron chi connectivity index (χ0n) is 11.7. The lowest BCUT2D eigenvalue weighted by Gasteiger charge is -2.07. The minimum absolute atomic E-state index is 0.0275. The molecule has 1 atom stereocenters. The van der Waals surface area contributed by atoms with Crippen LogP contribution in [-0.2, 0) is 28.9 Å². The van der Waals surface area contributed by atoms with Crippen LogP contribution in [0.25, 0.3) is 0 Å². The maximum atomic E-state index is 12.2. The predicted octanol–water partition coefficient (Wildman–Crippen LogP) is 3.23. The molecule has 1 unspecified atom stereocenters. The maximum Gasteiger partial charge on any atom is 0.387 e. The summed E-state index contributed by atoms with van der Waals surface area (Å²) in [6.07, 6.45) is 0. The number of hydrogen-bond donors (Lipinski definition) is 1. The molecule has 2 rings (SSSR count). The van der Waals surface area contributed by atoms with Crippen molar-refractivity contribution in [1.29, 1.82) is 0 Å². The maximum absolute atomic E-state index is 12.2. The van der Waals surface area contributed by atoms with Crippen molar-refractivity contribution in [2.75, 3.05) is 0 Å². The number of hydrogen-bond acceptors (Lipinski definition) is 3. The first-order valence-electron chi connectivity index (χ1n) is 6.64. The molecule has 0 aliphatic heterocycles. The van der Waals surface area contributed by atoms with E-state index in [0.717, 1.165) is 11.1 Å². The summed E-state index contributed by atoms with van der Waals surface area (Å²) >= 11 is 0. The molecule has 2 aromatic carbocycles. The Bertz CT molecular complexity index is 630. The Morgan fingerprint density at radius 3 is 2.27 bits per heavy atom. The van der Waals surface area contributed by atoms with Gasteiger partial charge in [0, 0.05) is 22.3 Å². The van der Waals surface area contributed by atoms with Gasteiger partial charge in [-0.15, -0.1) is 0 Å². The fourth-order valence-corrected chi connectivity index (χ4v) is 3.19. The number of benzene rings is 2. The molecular weight excluding hydrogens is 310 g/mol. The number of alkyl halides is 2. The second-order valence-corrected chi connectivity index (χ2v) is 6.19. The van der Waals surface area contributed by atoms with Gasteiger partial charge in [0.25, 0.3) is 0 Å². The van der Waals surface area contributed by atoms with Gasteiger partial charge in [-0.3, -0.25) is 4.21 Å². The van der Waals surface area contributed by atoms with Crippen LogP contribution < -0.4 is 4.74 Å². The third kappa shape index (κ3) is 5.20. The zero-order valence-corrected chi connectivity index (χ0v) is 12.6. The molecule has 118 valence electrons. The normalized spacial score (nSPS) is 12.4. The molecule has 3 nitrogen and oxygen atoms in total.